The van der Waals surface area contributed by atoms with Crippen LogP contribution >= 0.6 is 0 Å². The van der Waals surface area contributed by atoms with Gasteiger partial charge < -0.3 is 24.3 Å². The van der Waals surface area contributed by atoms with Gasteiger partial charge in [0.05, 0.1) is 35.6 Å². The maximum atomic E-state index is 13.5. The van der Waals surface area contributed by atoms with Crippen molar-refractivity contribution in [2.45, 2.75) is 12.7 Å². The van der Waals surface area contributed by atoms with Crippen LogP contribution in [0, 0.1) is 0 Å². The molecule has 6 rings (SSSR count). The SMILES string of the molecule is COc1cc(C(F)(F)F)ccc1C(=O)Nc1ccc(Oc2ccc3cc(C(=O)N4CCN(Cc5ccc(OF)cc5)CC4)n(C)c3c2)nc1. The third-order valence-electron chi connectivity index (χ3n) is 8.30. The number of carbonyl (C=O) groups is 2. The molecule has 1 saturated heterocycles. The molecule has 0 unspecified atom stereocenters. The van der Waals surface area contributed by atoms with Crippen molar-refractivity contribution in [3.63, 3.8) is 0 Å². The van der Waals surface area contributed by atoms with Gasteiger partial charge >= 0.3 is 6.18 Å². The van der Waals surface area contributed by atoms with E-state index in [9.17, 15) is 27.3 Å². The van der Waals surface area contributed by atoms with E-state index in [4.69, 9.17) is 9.47 Å². The van der Waals surface area contributed by atoms with Crippen molar-refractivity contribution in [2.75, 3.05) is 38.6 Å². The zero-order valence-corrected chi connectivity index (χ0v) is 26.5. The van der Waals surface area contributed by atoms with Crippen molar-refractivity contribution < 1.29 is 41.7 Å². The van der Waals surface area contributed by atoms with Gasteiger partial charge in [-0.2, -0.15) is 13.2 Å². The monoisotopic (exact) mass is 677 g/mol. The van der Waals surface area contributed by atoms with Gasteiger partial charge in [0.25, 0.3) is 11.8 Å². The van der Waals surface area contributed by atoms with Gasteiger partial charge in [-0.3, -0.25) is 19.4 Å². The second-order valence-corrected chi connectivity index (χ2v) is 11.5. The molecular weight excluding hydrogens is 646 g/mol. The molecule has 5 aromatic rings. The van der Waals surface area contributed by atoms with Gasteiger partial charge in [0.2, 0.25) is 5.88 Å². The van der Waals surface area contributed by atoms with Crippen LogP contribution in [-0.4, -0.2) is 64.5 Å². The quantitative estimate of drug-likeness (QED) is 0.170. The number of ether oxygens (including phenoxy) is 2. The number of nitrogens with zero attached hydrogens (tertiary/aromatic N) is 4. The number of fused-ring (bicyclic) bond motifs is 1. The lowest BCUT2D eigenvalue weighted by atomic mass is 10.1. The zero-order chi connectivity index (χ0) is 34.7. The van der Waals surface area contributed by atoms with E-state index in [1.54, 1.807) is 30.3 Å². The lowest BCUT2D eigenvalue weighted by Crippen LogP contribution is -2.48. The summed E-state index contributed by atoms with van der Waals surface area (Å²) in [6, 6.07) is 19.8. The summed E-state index contributed by atoms with van der Waals surface area (Å²) in [4.78, 5) is 38.3. The molecule has 254 valence electrons. The summed E-state index contributed by atoms with van der Waals surface area (Å²) in [5, 5.41) is 3.46. The summed E-state index contributed by atoms with van der Waals surface area (Å²) < 4.78 is 64.2. The standard InChI is InChI=1S/C35H31F4N5O5/c1-42-29-19-27(48-32-12-7-25(20-40-32)41-33(45)28-11-6-24(35(36,37)38)18-31(28)47-2)10-5-23(29)17-30(42)34(46)44-15-13-43(14-16-44)21-22-3-8-26(49-39)9-4-22/h3-12,17-20H,13-16,21H2,1-2H3,(H,41,45). The van der Waals surface area contributed by atoms with Crippen molar-refractivity contribution in [3.8, 4) is 23.1 Å². The predicted octanol–water partition coefficient (Wildman–Crippen LogP) is 6.87. The van der Waals surface area contributed by atoms with Crippen LogP contribution in [0.25, 0.3) is 10.9 Å². The summed E-state index contributed by atoms with van der Waals surface area (Å²) in [6.45, 7) is 3.23. The van der Waals surface area contributed by atoms with Gasteiger partial charge in [0.15, 0.2) is 5.75 Å². The first-order valence-corrected chi connectivity index (χ1v) is 15.2. The molecule has 3 aromatic carbocycles. The Kier molecular flexibility index (Phi) is 9.40. The van der Waals surface area contributed by atoms with Gasteiger partial charge in [-0.25, -0.2) is 4.98 Å². The fourth-order valence-electron chi connectivity index (χ4n) is 5.64. The topological polar surface area (TPSA) is 98.2 Å². The lowest BCUT2D eigenvalue weighted by Gasteiger charge is -2.34. The number of halogens is 4. The number of hydrogen-bond donors (Lipinski definition) is 1. The molecule has 1 N–H and O–H groups in total. The van der Waals surface area contributed by atoms with Crippen LogP contribution in [0.2, 0.25) is 0 Å². The maximum Gasteiger partial charge on any atom is 0.416 e. The Morgan fingerprint density at radius 1 is 0.898 bits per heavy atom. The van der Waals surface area contributed by atoms with E-state index in [1.165, 1.54) is 19.4 Å². The van der Waals surface area contributed by atoms with Crippen LogP contribution in [0.15, 0.2) is 85.1 Å². The van der Waals surface area contributed by atoms with E-state index in [1.807, 2.05) is 40.8 Å². The molecule has 0 aliphatic carbocycles. The van der Waals surface area contributed by atoms with Crippen LogP contribution < -0.4 is 19.7 Å². The van der Waals surface area contributed by atoms with Crippen LogP contribution in [0.4, 0.5) is 23.4 Å². The third-order valence-corrected chi connectivity index (χ3v) is 8.30. The Bertz CT molecular complexity index is 1970. The normalized spacial score (nSPS) is 13.7. The number of carbonyl (C=O) groups excluding carboxylic acids is 2. The minimum atomic E-state index is -4.57. The maximum absolute atomic E-state index is 13.5. The number of anilines is 1. The second kappa shape index (κ2) is 13.8. The number of benzene rings is 3. The Morgan fingerprint density at radius 2 is 1.63 bits per heavy atom. The highest BCUT2D eigenvalue weighted by atomic mass is 19.4. The van der Waals surface area contributed by atoms with Gasteiger partial charge in [-0.15, -0.1) is 0 Å². The van der Waals surface area contributed by atoms with Crippen molar-refractivity contribution >= 4 is 28.4 Å². The molecule has 0 spiro atoms. The number of aromatic nitrogens is 2. The van der Waals surface area contributed by atoms with Crippen molar-refractivity contribution in [3.05, 3.63) is 107 Å². The number of aryl methyl sites for hydroxylation is 1. The number of alkyl halides is 3. The van der Waals surface area contributed by atoms with Gasteiger partial charge in [0.1, 0.15) is 17.2 Å². The first-order chi connectivity index (χ1) is 23.5. The number of hydrogen-bond acceptors (Lipinski definition) is 7. The summed E-state index contributed by atoms with van der Waals surface area (Å²) in [5.41, 5.74) is 1.66. The Hall–Kier alpha value is -5.63. The summed E-state index contributed by atoms with van der Waals surface area (Å²) in [5.74, 6) is -0.0784. The highest BCUT2D eigenvalue weighted by molar-refractivity contribution is 6.06. The molecule has 49 heavy (non-hydrogen) atoms. The first kappa shape index (κ1) is 33.3. The number of amides is 2. The Labute approximate surface area is 278 Å². The molecule has 2 amide bonds. The van der Waals surface area contributed by atoms with Crippen LogP contribution in [-0.2, 0) is 19.8 Å². The van der Waals surface area contributed by atoms with Crippen LogP contribution in [0.3, 0.4) is 0 Å². The van der Waals surface area contributed by atoms with E-state index in [2.05, 4.69) is 20.1 Å². The van der Waals surface area contributed by atoms with Crippen LogP contribution in [0.1, 0.15) is 32.0 Å². The number of piperazine rings is 1. The lowest BCUT2D eigenvalue weighted by molar-refractivity contribution is -0.137. The number of methoxy groups -OCH3 is 1. The third kappa shape index (κ3) is 7.44. The molecule has 2 aromatic heterocycles. The fourth-order valence-corrected chi connectivity index (χ4v) is 5.64. The van der Waals surface area contributed by atoms with Gasteiger partial charge in [-0.05, 0) is 60.2 Å². The smallest absolute Gasteiger partial charge is 0.416 e. The second-order valence-electron chi connectivity index (χ2n) is 11.5. The average Bonchev–Trinajstić information content (AvgIpc) is 3.44. The van der Waals surface area contributed by atoms with Crippen LogP contribution in [0.5, 0.6) is 23.1 Å². The molecule has 10 nitrogen and oxygen atoms in total. The first-order valence-electron chi connectivity index (χ1n) is 15.2. The molecule has 1 aliphatic heterocycles. The van der Waals surface area contributed by atoms with E-state index in [0.717, 1.165) is 34.7 Å². The number of rotatable bonds is 9. The molecule has 1 aliphatic rings. The summed E-state index contributed by atoms with van der Waals surface area (Å²) in [7, 11) is 3.01. The van der Waals surface area contributed by atoms with Crippen molar-refractivity contribution in [2.24, 2.45) is 7.05 Å². The molecule has 0 bridgehead atoms. The minimum absolute atomic E-state index is 0.0684. The van der Waals surface area contributed by atoms with Crippen molar-refractivity contribution in [1.82, 2.24) is 19.4 Å². The minimum Gasteiger partial charge on any atom is -0.496 e. The molecule has 14 heteroatoms. The molecule has 0 atom stereocenters. The Morgan fingerprint density at radius 3 is 2.29 bits per heavy atom. The van der Waals surface area contributed by atoms with E-state index < -0.39 is 17.6 Å². The largest absolute Gasteiger partial charge is 0.496 e. The predicted molar refractivity (Wildman–Crippen MR) is 173 cm³/mol. The highest BCUT2D eigenvalue weighted by Crippen LogP contribution is 2.34. The molecule has 0 saturated carbocycles. The van der Waals surface area contributed by atoms with Gasteiger partial charge in [0, 0.05) is 61.8 Å². The molecule has 0 radical (unpaired) electrons. The van der Waals surface area contributed by atoms with E-state index >= 15 is 0 Å². The zero-order valence-electron chi connectivity index (χ0n) is 26.5. The fraction of sp³-hybridized carbons (Fsp3) is 0.229. The molecule has 1 fully saturated rings. The molecular formula is C35H31F4N5O5. The summed E-state index contributed by atoms with van der Waals surface area (Å²) in [6.07, 6.45) is -3.21. The highest BCUT2D eigenvalue weighted by Gasteiger charge is 2.32. The number of nitrogens with one attached hydrogen (secondary N) is 1. The number of pyridine rings is 1. The Balaban J connectivity index is 1.07. The average molecular weight is 678 g/mol. The van der Waals surface area contributed by atoms with E-state index in [-0.39, 0.29) is 28.8 Å². The van der Waals surface area contributed by atoms with Crippen molar-refractivity contribution in [1.29, 1.82) is 0 Å². The van der Waals surface area contributed by atoms with E-state index in [0.29, 0.717) is 49.9 Å². The van der Waals surface area contributed by atoms with Gasteiger partial charge in [-0.1, -0.05) is 12.1 Å². The summed E-state index contributed by atoms with van der Waals surface area (Å²) >= 11 is 0. The molecule has 3 heterocycles.